The molecule has 68 valence electrons. The van der Waals surface area contributed by atoms with Crippen molar-refractivity contribution in [2.75, 3.05) is 11.9 Å². The molecule has 0 radical (unpaired) electrons. The lowest BCUT2D eigenvalue weighted by molar-refractivity contribution is 0.245. The fourth-order valence-corrected chi connectivity index (χ4v) is 1.40. The van der Waals surface area contributed by atoms with Crippen LogP contribution in [0.4, 0.5) is 10.5 Å². The Morgan fingerprint density at radius 1 is 1.62 bits per heavy atom. The zero-order valence-corrected chi connectivity index (χ0v) is 7.66. The summed E-state index contributed by atoms with van der Waals surface area (Å²) in [5, 5.41) is 2.73. The van der Waals surface area contributed by atoms with Gasteiger partial charge in [0.1, 0.15) is 0 Å². The van der Waals surface area contributed by atoms with Gasteiger partial charge in [0.15, 0.2) is 0 Å². The van der Waals surface area contributed by atoms with E-state index in [0.717, 1.165) is 16.9 Å². The Morgan fingerprint density at radius 3 is 3.15 bits per heavy atom. The molecule has 2 amide bonds. The highest BCUT2D eigenvalue weighted by Crippen LogP contribution is 2.21. The van der Waals surface area contributed by atoms with Crippen molar-refractivity contribution in [3.63, 3.8) is 0 Å². The van der Waals surface area contributed by atoms with Crippen LogP contribution < -0.4 is 10.2 Å². The Hall–Kier alpha value is -1.58. The van der Waals surface area contributed by atoms with E-state index in [9.17, 15) is 4.79 Å². The molecule has 1 aromatic rings. The average Bonchev–Trinajstić information content (AvgIpc) is 2.12. The van der Waals surface area contributed by atoms with Crippen molar-refractivity contribution in [1.29, 1.82) is 0 Å². The van der Waals surface area contributed by atoms with E-state index in [1.165, 1.54) is 0 Å². The summed E-state index contributed by atoms with van der Waals surface area (Å²) in [5.74, 6) is 0. The number of aromatic nitrogens is 1. The van der Waals surface area contributed by atoms with Crippen molar-refractivity contribution in [2.24, 2.45) is 0 Å². The van der Waals surface area contributed by atoms with Crippen LogP contribution in [0.2, 0.25) is 0 Å². The van der Waals surface area contributed by atoms with Crippen LogP contribution in [0.25, 0.3) is 0 Å². The van der Waals surface area contributed by atoms with Gasteiger partial charge in [0, 0.05) is 13.2 Å². The third-order valence-corrected chi connectivity index (χ3v) is 2.16. The van der Waals surface area contributed by atoms with E-state index in [0.29, 0.717) is 6.54 Å². The molecule has 1 aromatic heterocycles. The molecule has 1 aliphatic rings. The quantitative estimate of drug-likeness (QED) is 0.643. The van der Waals surface area contributed by atoms with Gasteiger partial charge in [0.05, 0.1) is 17.9 Å². The van der Waals surface area contributed by atoms with Crippen LogP contribution in [-0.2, 0) is 6.54 Å². The molecule has 0 saturated carbocycles. The van der Waals surface area contributed by atoms with E-state index >= 15 is 0 Å². The van der Waals surface area contributed by atoms with Crippen LogP contribution >= 0.6 is 0 Å². The number of amides is 2. The fourth-order valence-electron chi connectivity index (χ4n) is 1.40. The Bertz CT molecular complexity index is 362. The summed E-state index contributed by atoms with van der Waals surface area (Å²) >= 11 is 0. The predicted molar refractivity (Wildman–Crippen MR) is 49.6 cm³/mol. The molecule has 1 aliphatic heterocycles. The molecule has 4 heteroatoms. The van der Waals surface area contributed by atoms with Gasteiger partial charge in [-0.2, -0.15) is 0 Å². The van der Waals surface area contributed by atoms with E-state index in [1.807, 2.05) is 19.2 Å². The van der Waals surface area contributed by atoms with E-state index in [4.69, 9.17) is 0 Å². The largest absolute Gasteiger partial charge is 0.332 e. The van der Waals surface area contributed by atoms with Gasteiger partial charge in [-0.15, -0.1) is 0 Å². The SMILES string of the molecule is Cc1cnc2c(c1)N(C)C(=O)NC2. The lowest BCUT2D eigenvalue weighted by Gasteiger charge is -2.25. The number of pyridine rings is 1. The molecular weight excluding hydrogens is 166 g/mol. The smallest absolute Gasteiger partial charge is 0.321 e. The summed E-state index contributed by atoms with van der Waals surface area (Å²) < 4.78 is 0. The van der Waals surface area contributed by atoms with Gasteiger partial charge < -0.3 is 5.32 Å². The lowest BCUT2D eigenvalue weighted by Crippen LogP contribution is -2.42. The highest BCUT2D eigenvalue weighted by Gasteiger charge is 2.20. The van der Waals surface area contributed by atoms with E-state index in [1.54, 1.807) is 11.9 Å². The van der Waals surface area contributed by atoms with Crippen molar-refractivity contribution in [2.45, 2.75) is 13.5 Å². The van der Waals surface area contributed by atoms with Crippen molar-refractivity contribution in [1.82, 2.24) is 10.3 Å². The van der Waals surface area contributed by atoms with Crippen molar-refractivity contribution in [3.8, 4) is 0 Å². The molecule has 0 fully saturated rings. The summed E-state index contributed by atoms with van der Waals surface area (Å²) in [6.07, 6.45) is 1.81. The van der Waals surface area contributed by atoms with Crippen molar-refractivity contribution >= 4 is 11.7 Å². The topological polar surface area (TPSA) is 45.2 Å². The Morgan fingerprint density at radius 2 is 2.38 bits per heavy atom. The highest BCUT2D eigenvalue weighted by molar-refractivity contribution is 5.93. The third kappa shape index (κ3) is 1.24. The van der Waals surface area contributed by atoms with Crippen molar-refractivity contribution < 1.29 is 4.79 Å². The van der Waals surface area contributed by atoms with Gasteiger partial charge in [-0.3, -0.25) is 9.88 Å². The summed E-state index contributed by atoms with van der Waals surface area (Å²) in [6.45, 7) is 2.49. The molecule has 0 bridgehead atoms. The number of nitrogens with zero attached hydrogens (tertiary/aromatic N) is 2. The maximum absolute atomic E-state index is 11.3. The number of anilines is 1. The molecule has 2 heterocycles. The van der Waals surface area contributed by atoms with Gasteiger partial charge in [-0.05, 0) is 18.6 Å². The zero-order chi connectivity index (χ0) is 9.42. The number of carbonyl (C=O) groups is 1. The maximum Gasteiger partial charge on any atom is 0.321 e. The van der Waals surface area contributed by atoms with Crippen LogP contribution in [0.5, 0.6) is 0 Å². The van der Waals surface area contributed by atoms with E-state index in [2.05, 4.69) is 10.3 Å². The number of aryl methyl sites for hydroxylation is 1. The highest BCUT2D eigenvalue weighted by atomic mass is 16.2. The van der Waals surface area contributed by atoms with E-state index < -0.39 is 0 Å². The first kappa shape index (κ1) is 8.04. The first-order valence-electron chi connectivity index (χ1n) is 4.15. The molecule has 0 unspecified atom stereocenters. The second-order valence-electron chi connectivity index (χ2n) is 3.20. The summed E-state index contributed by atoms with van der Waals surface area (Å²) in [6, 6.07) is 1.90. The number of hydrogen-bond acceptors (Lipinski definition) is 2. The fraction of sp³-hybridized carbons (Fsp3) is 0.333. The molecule has 1 N–H and O–H groups in total. The number of carbonyl (C=O) groups excluding carboxylic acids is 1. The molecule has 0 aliphatic carbocycles. The summed E-state index contributed by atoms with van der Waals surface area (Å²) in [4.78, 5) is 17.1. The Kier molecular flexibility index (Phi) is 1.69. The van der Waals surface area contributed by atoms with Crippen LogP contribution in [0.15, 0.2) is 12.3 Å². The van der Waals surface area contributed by atoms with Gasteiger partial charge in [-0.25, -0.2) is 4.79 Å². The average molecular weight is 177 g/mol. The molecular formula is C9H11N3O. The molecule has 13 heavy (non-hydrogen) atoms. The van der Waals surface area contributed by atoms with Gasteiger partial charge >= 0.3 is 6.03 Å². The minimum absolute atomic E-state index is 0.0695. The molecule has 0 atom stereocenters. The standard InChI is InChI=1S/C9H11N3O/c1-6-3-8-7(10-4-6)5-11-9(13)12(8)2/h3-4H,5H2,1-2H3,(H,11,13). The van der Waals surface area contributed by atoms with Gasteiger partial charge in [0.25, 0.3) is 0 Å². The van der Waals surface area contributed by atoms with Crippen LogP contribution in [0.3, 0.4) is 0 Å². The second kappa shape index (κ2) is 2.73. The van der Waals surface area contributed by atoms with Crippen molar-refractivity contribution in [3.05, 3.63) is 23.5 Å². The number of hydrogen-bond donors (Lipinski definition) is 1. The summed E-state index contributed by atoms with van der Waals surface area (Å²) in [5.41, 5.74) is 2.90. The third-order valence-electron chi connectivity index (χ3n) is 2.16. The molecule has 2 rings (SSSR count). The normalized spacial score (nSPS) is 15.2. The molecule has 0 spiro atoms. The van der Waals surface area contributed by atoms with Crippen LogP contribution in [0, 0.1) is 6.92 Å². The van der Waals surface area contributed by atoms with Gasteiger partial charge in [0.2, 0.25) is 0 Å². The second-order valence-corrected chi connectivity index (χ2v) is 3.20. The maximum atomic E-state index is 11.3. The Balaban J connectivity index is 2.51. The first-order valence-corrected chi connectivity index (χ1v) is 4.15. The monoisotopic (exact) mass is 177 g/mol. The van der Waals surface area contributed by atoms with Crippen LogP contribution in [0.1, 0.15) is 11.3 Å². The number of nitrogens with one attached hydrogen (secondary N) is 1. The minimum Gasteiger partial charge on any atom is -0.332 e. The zero-order valence-electron chi connectivity index (χ0n) is 7.66. The lowest BCUT2D eigenvalue weighted by atomic mass is 10.2. The summed E-state index contributed by atoms with van der Waals surface area (Å²) in [7, 11) is 1.74. The molecule has 0 aromatic carbocycles. The number of urea groups is 1. The molecule has 4 nitrogen and oxygen atoms in total. The molecule has 0 saturated heterocycles. The first-order chi connectivity index (χ1) is 6.18. The Labute approximate surface area is 76.6 Å². The number of rotatable bonds is 0. The minimum atomic E-state index is -0.0695. The number of fused-ring (bicyclic) bond motifs is 1. The van der Waals surface area contributed by atoms with Gasteiger partial charge in [-0.1, -0.05) is 0 Å². The predicted octanol–water partition coefficient (Wildman–Crippen LogP) is 1.05. The van der Waals surface area contributed by atoms with E-state index in [-0.39, 0.29) is 6.03 Å². The van der Waals surface area contributed by atoms with Crippen LogP contribution in [-0.4, -0.2) is 18.1 Å².